The Morgan fingerprint density at radius 3 is 2.56 bits per heavy atom. The Balaban J connectivity index is 0.00000312. The zero-order valence-electron chi connectivity index (χ0n) is 14.9. The van der Waals surface area contributed by atoms with Crippen LogP contribution in [0.4, 0.5) is 0 Å². The number of carboxylic acid groups (broad SMARTS) is 1. The van der Waals surface area contributed by atoms with Crippen LogP contribution in [0.2, 0.25) is 0 Å². The van der Waals surface area contributed by atoms with Gasteiger partial charge in [-0.15, -0.1) is 23.7 Å². The minimum Gasteiger partial charge on any atom is -0.480 e. The van der Waals surface area contributed by atoms with Gasteiger partial charge in [-0.1, -0.05) is 13.0 Å². The number of likely N-dealkylation sites (N-methyl/N-ethyl adjacent to an activating group) is 2. The second-order valence-corrected chi connectivity index (χ2v) is 7.33. The zero-order valence-corrected chi connectivity index (χ0v) is 16.5. The summed E-state index contributed by atoms with van der Waals surface area (Å²) in [4.78, 5) is 30.4. The van der Waals surface area contributed by atoms with Crippen LogP contribution in [0.1, 0.15) is 24.6 Å². The van der Waals surface area contributed by atoms with Gasteiger partial charge in [0, 0.05) is 31.1 Å². The molecule has 1 N–H and O–H groups in total. The van der Waals surface area contributed by atoms with E-state index in [1.807, 2.05) is 36.4 Å². The number of carbonyl (C=O) groups is 2. The predicted molar refractivity (Wildman–Crippen MR) is 102 cm³/mol. The number of rotatable bonds is 8. The first-order chi connectivity index (χ1) is 11.5. The number of carboxylic acids is 1. The second kappa shape index (κ2) is 10.8. The lowest BCUT2D eigenvalue weighted by molar-refractivity contribution is -0.139. The number of aliphatic carboxylic acids is 1. The van der Waals surface area contributed by atoms with Crippen LogP contribution in [0.3, 0.4) is 0 Å². The van der Waals surface area contributed by atoms with Gasteiger partial charge in [0.2, 0.25) is 5.91 Å². The van der Waals surface area contributed by atoms with Crippen molar-refractivity contribution in [3.63, 3.8) is 0 Å². The summed E-state index contributed by atoms with van der Waals surface area (Å²) in [5.74, 6) is -0.635. The van der Waals surface area contributed by atoms with Crippen molar-refractivity contribution in [3.05, 3.63) is 22.4 Å². The molecule has 2 rings (SSSR count). The maximum atomic E-state index is 12.4. The topological polar surface area (TPSA) is 64.1 Å². The summed E-state index contributed by atoms with van der Waals surface area (Å²) >= 11 is 1.66. The lowest BCUT2D eigenvalue weighted by Gasteiger charge is -2.37. The second-order valence-electron chi connectivity index (χ2n) is 6.29. The van der Waals surface area contributed by atoms with Gasteiger partial charge in [-0.05, 0) is 30.8 Å². The SMILES string of the molecule is CCN(CC(=O)O)C1CCN(CC(=O)N(C)Cc2cccs2)CC1.Cl. The number of thiophene rings is 1. The highest BCUT2D eigenvalue weighted by Crippen LogP contribution is 2.17. The molecular formula is C17H28ClN3O3S. The first kappa shape index (κ1) is 21.9. The number of hydrogen-bond acceptors (Lipinski definition) is 5. The molecule has 1 aromatic rings. The monoisotopic (exact) mass is 389 g/mol. The fourth-order valence-corrected chi connectivity index (χ4v) is 3.91. The van der Waals surface area contributed by atoms with E-state index in [2.05, 4.69) is 4.90 Å². The Morgan fingerprint density at radius 2 is 2.04 bits per heavy atom. The fourth-order valence-electron chi connectivity index (χ4n) is 3.15. The zero-order chi connectivity index (χ0) is 17.5. The minimum atomic E-state index is -0.773. The maximum Gasteiger partial charge on any atom is 0.317 e. The van der Waals surface area contributed by atoms with Crippen LogP contribution >= 0.6 is 23.7 Å². The van der Waals surface area contributed by atoms with Crippen LogP contribution in [0.5, 0.6) is 0 Å². The van der Waals surface area contributed by atoms with Crippen molar-refractivity contribution >= 4 is 35.6 Å². The Morgan fingerprint density at radius 1 is 1.36 bits per heavy atom. The summed E-state index contributed by atoms with van der Waals surface area (Å²) in [5, 5.41) is 11.0. The van der Waals surface area contributed by atoms with E-state index in [1.165, 1.54) is 4.88 Å². The normalized spacial score (nSPS) is 15.8. The predicted octanol–water partition coefficient (Wildman–Crippen LogP) is 2.00. The molecule has 0 saturated carbocycles. The van der Waals surface area contributed by atoms with Gasteiger partial charge in [-0.25, -0.2) is 0 Å². The number of nitrogens with zero attached hydrogens (tertiary/aromatic N) is 3. The standard InChI is InChI=1S/C17H27N3O3S.ClH/c1-3-20(13-17(22)23)14-6-8-19(9-7-14)12-16(21)18(2)11-15-5-4-10-24-15;/h4-5,10,14H,3,6-9,11-13H2,1-2H3,(H,22,23);1H. The lowest BCUT2D eigenvalue weighted by atomic mass is 10.0. The van der Waals surface area contributed by atoms with Crippen molar-refractivity contribution in [2.24, 2.45) is 0 Å². The van der Waals surface area contributed by atoms with E-state index in [0.717, 1.165) is 32.5 Å². The quantitative estimate of drug-likeness (QED) is 0.736. The molecule has 0 unspecified atom stereocenters. The molecule has 0 aromatic carbocycles. The molecule has 1 aliphatic heterocycles. The third kappa shape index (κ3) is 6.93. The summed E-state index contributed by atoms with van der Waals surface area (Å²) in [6, 6.07) is 4.35. The van der Waals surface area contributed by atoms with Gasteiger partial charge in [-0.2, -0.15) is 0 Å². The van der Waals surface area contributed by atoms with Crippen LogP contribution in [-0.2, 0) is 16.1 Å². The van der Waals surface area contributed by atoms with E-state index in [9.17, 15) is 9.59 Å². The van der Waals surface area contributed by atoms with E-state index < -0.39 is 5.97 Å². The van der Waals surface area contributed by atoms with Crippen LogP contribution in [-0.4, -0.2) is 77.5 Å². The largest absolute Gasteiger partial charge is 0.480 e. The number of carbonyl (C=O) groups excluding carboxylic acids is 1. The number of amides is 1. The lowest BCUT2D eigenvalue weighted by Crippen LogP contribution is -2.48. The van der Waals surface area contributed by atoms with Crippen molar-refractivity contribution in [1.82, 2.24) is 14.7 Å². The van der Waals surface area contributed by atoms with E-state index >= 15 is 0 Å². The summed E-state index contributed by atoms with van der Waals surface area (Å²) in [5.41, 5.74) is 0. The van der Waals surface area contributed by atoms with E-state index in [0.29, 0.717) is 19.1 Å². The van der Waals surface area contributed by atoms with Crippen molar-refractivity contribution in [2.45, 2.75) is 32.4 Å². The molecule has 0 aliphatic carbocycles. The highest BCUT2D eigenvalue weighted by molar-refractivity contribution is 7.09. The van der Waals surface area contributed by atoms with E-state index in [4.69, 9.17) is 5.11 Å². The van der Waals surface area contributed by atoms with Crippen LogP contribution in [0.15, 0.2) is 17.5 Å². The number of hydrogen-bond donors (Lipinski definition) is 1. The highest BCUT2D eigenvalue weighted by Gasteiger charge is 2.26. The average molecular weight is 390 g/mol. The van der Waals surface area contributed by atoms with E-state index in [1.54, 1.807) is 16.2 Å². The van der Waals surface area contributed by atoms with Crippen LogP contribution in [0.25, 0.3) is 0 Å². The van der Waals surface area contributed by atoms with Gasteiger partial charge in [0.15, 0.2) is 0 Å². The van der Waals surface area contributed by atoms with Gasteiger partial charge in [0.05, 0.1) is 19.6 Å². The molecular weight excluding hydrogens is 362 g/mol. The molecule has 1 amide bonds. The first-order valence-corrected chi connectivity index (χ1v) is 9.32. The molecule has 0 atom stereocenters. The maximum absolute atomic E-state index is 12.4. The van der Waals surface area contributed by atoms with Crippen molar-refractivity contribution < 1.29 is 14.7 Å². The number of piperidine rings is 1. The van der Waals surface area contributed by atoms with Crippen molar-refractivity contribution in [3.8, 4) is 0 Å². The fraction of sp³-hybridized carbons (Fsp3) is 0.647. The van der Waals surface area contributed by atoms with Crippen LogP contribution in [0, 0.1) is 0 Å². The Kier molecular flexibility index (Phi) is 9.42. The molecule has 1 saturated heterocycles. The van der Waals surface area contributed by atoms with Gasteiger partial charge in [-0.3, -0.25) is 19.4 Å². The molecule has 0 spiro atoms. The molecule has 1 aromatic heterocycles. The summed E-state index contributed by atoms with van der Waals surface area (Å²) < 4.78 is 0. The molecule has 2 heterocycles. The number of halogens is 1. The first-order valence-electron chi connectivity index (χ1n) is 8.44. The van der Waals surface area contributed by atoms with E-state index in [-0.39, 0.29) is 24.9 Å². The smallest absolute Gasteiger partial charge is 0.317 e. The van der Waals surface area contributed by atoms with Gasteiger partial charge < -0.3 is 10.0 Å². The molecule has 1 fully saturated rings. The summed E-state index contributed by atoms with van der Waals surface area (Å²) in [7, 11) is 1.85. The van der Waals surface area contributed by atoms with Gasteiger partial charge in [0.25, 0.3) is 0 Å². The third-order valence-electron chi connectivity index (χ3n) is 4.58. The van der Waals surface area contributed by atoms with Crippen LogP contribution < -0.4 is 0 Å². The Bertz CT molecular complexity index is 533. The van der Waals surface area contributed by atoms with Crippen molar-refractivity contribution in [1.29, 1.82) is 0 Å². The third-order valence-corrected chi connectivity index (χ3v) is 5.44. The summed E-state index contributed by atoms with van der Waals surface area (Å²) in [6.07, 6.45) is 1.84. The highest BCUT2D eigenvalue weighted by atomic mass is 35.5. The molecule has 142 valence electrons. The molecule has 1 aliphatic rings. The minimum absolute atomic E-state index is 0. The molecule has 0 bridgehead atoms. The molecule has 8 heteroatoms. The summed E-state index contributed by atoms with van der Waals surface area (Å²) in [6.45, 7) is 5.65. The molecule has 25 heavy (non-hydrogen) atoms. The average Bonchev–Trinajstić information content (AvgIpc) is 3.06. The molecule has 6 nitrogen and oxygen atoms in total. The number of likely N-dealkylation sites (tertiary alicyclic amines) is 1. The van der Waals surface area contributed by atoms with Gasteiger partial charge >= 0.3 is 5.97 Å². The Labute approximate surface area is 159 Å². The Hall–Kier alpha value is -1.15. The molecule has 0 radical (unpaired) electrons. The van der Waals surface area contributed by atoms with Gasteiger partial charge in [0.1, 0.15) is 0 Å². The van der Waals surface area contributed by atoms with Crippen molar-refractivity contribution in [2.75, 3.05) is 39.8 Å².